The molecule has 6 aromatic carbocycles. The average Bonchev–Trinajstić information content (AvgIpc) is 3.51. The summed E-state index contributed by atoms with van der Waals surface area (Å²) in [6.45, 7) is 11.0. The first-order chi connectivity index (χ1) is 27.8. The Hall–Kier alpha value is -5.14. The van der Waals surface area contributed by atoms with Gasteiger partial charge in [0.05, 0.1) is 0 Å². The zero-order valence-electron chi connectivity index (χ0n) is 34.2. The molecule has 5 aliphatic rings. The number of hydrogen-bond donors (Lipinski definition) is 0. The molecule has 11 rings (SSSR count). The van der Waals surface area contributed by atoms with E-state index in [2.05, 4.69) is 172 Å². The molecule has 0 radical (unpaired) electrons. The van der Waals surface area contributed by atoms with Gasteiger partial charge in [0.25, 0.3) is 0 Å². The van der Waals surface area contributed by atoms with Crippen molar-refractivity contribution in [2.75, 3.05) is 4.90 Å². The molecule has 0 aliphatic heterocycles. The van der Waals surface area contributed by atoms with Crippen molar-refractivity contribution in [3.05, 3.63) is 179 Å². The van der Waals surface area contributed by atoms with Crippen molar-refractivity contribution in [2.45, 2.75) is 101 Å². The molecule has 3 unspecified atom stereocenters. The smallest absolute Gasteiger partial charge is 0.0462 e. The molecule has 6 aromatic rings. The van der Waals surface area contributed by atoms with E-state index in [1.165, 1.54) is 113 Å². The molecule has 4 saturated carbocycles. The van der Waals surface area contributed by atoms with Gasteiger partial charge in [0, 0.05) is 22.5 Å². The number of anilines is 3. The van der Waals surface area contributed by atoms with Crippen LogP contribution in [0, 0.1) is 11.8 Å². The van der Waals surface area contributed by atoms with Crippen LogP contribution in [0.2, 0.25) is 0 Å². The van der Waals surface area contributed by atoms with Gasteiger partial charge in [-0.2, -0.15) is 0 Å². The number of rotatable bonds is 11. The Labute approximate surface area is 341 Å². The largest absolute Gasteiger partial charge is 0.311 e. The quantitative estimate of drug-likeness (QED) is 0.128. The van der Waals surface area contributed by atoms with E-state index in [0.717, 1.165) is 24.7 Å². The van der Waals surface area contributed by atoms with Crippen LogP contribution in [0.1, 0.15) is 112 Å². The summed E-state index contributed by atoms with van der Waals surface area (Å²) in [6, 6.07) is 54.0. The number of fused-ring (bicyclic) bond motifs is 3. The van der Waals surface area contributed by atoms with Gasteiger partial charge >= 0.3 is 0 Å². The van der Waals surface area contributed by atoms with Gasteiger partial charge in [-0.25, -0.2) is 0 Å². The van der Waals surface area contributed by atoms with Crippen molar-refractivity contribution < 1.29 is 0 Å². The second kappa shape index (κ2) is 14.1. The van der Waals surface area contributed by atoms with E-state index >= 15 is 0 Å². The van der Waals surface area contributed by atoms with Gasteiger partial charge in [-0.15, -0.1) is 0 Å². The molecule has 5 aliphatic carbocycles. The Bertz CT molecular complexity index is 2400. The molecule has 0 amide bonds. The summed E-state index contributed by atoms with van der Waals surface area (Å²) in [6.07, 6.45) is 14.7. The van der Waals surface area contributed by atoms with E-state index in [4.69, 9.17) is 0 Å². The number of hydrogen-bond acceptors (Lipinski definition) is 1. The fraction of sp³-hybridized carbons (Fsp3) is 0.321. The molecule has 286 valence electrons. The van der Waals surface area contributed by atoms with E-state index in [1.54, 1.807) is 11.1 Å². The summed E-state index contributed by atoms with van der Waals surface area (Å²) in [4.78, 5) is 2.47. The van der Waals surface area contributed by atoms with E-state index < -0.39 is 0 Å². The van der Waals surface area contributed by atoms with Crippen LogP contribution in [0.3, 0.4) is 0 Å². The maximum absolute atomic E-state index is 4.01. The lowest BCUT2D eigenvalue weighted by Crippen LogP contribution is -2.55. The van der Waals surface area contributed by atoms with Crippen molar-refractivity contribution in [1.82, 2.24) is 0 Å². The maximum atomic E-state index is 4.01. The molecule has 0 aromatic heterocycles. The van der Waals surface area contributed by atoms with Crippen LogP contribution in [0.25, 0.3) is 28.3 Å². The van der Waals surface area contributed by atoms with Crippen molar-refractivity contribution in [2.24, 2.45) is 11.8 Å². The first kappa shape index (κ1) is 36.2. The molecule has 3 atom stereocenters. The zero-order valence-corrected chi connectivity index (χ0v) is 34.2. The number of benzene rings is 6. The summed E-state index contributed by atoms with van der Waals surface area (Å²) in [5, 5.41) is 0. The Morgan fingerprint density at radius 3 is 1.75 bits per heavy atom. The summed E-state index contributed by atoms with van der Waals surface area (Å²) < 4.78 is 0. The van der Waals surface area contributed by atoms with Gasteiger partial charge in [-0.05, 0) is 179 Å². The van der Waals surface area contributed by atoms with Gasteiger partial charge in [-0.3, -0.25) is 0 Å². The molecule has 0 heterocycles. The van der Waals surface area contributed by atoms with Crippen LogP contribution in [0.15, 0.2) is 146 Å². The van der Waals surface area contributed by atoms with Crippen LogP contribution < -0.4 is 4.90 Å². The van der Waals surface area contributed by atoms with Crippen LogP contribution in [0.5, 0.6) is 0 Å². The highest BCUT2D eigenvalue weighted by atomic mass is 15.1. The monoisotopic (exact) mass is 743 g/mol. The molecule has 1 nitrogen and oxygen atoms in total. The van der Waals surface area contributed by atoms with E-state index in [9.17, 15) is 0 Å². The Balaban J connectivity index is 0.981. The summed E-state index contributed by atoms with van der Waals surface area (Å²) >= 11 is 0. The van der Waals surface area contributed by atoms with E-state index in [-0.39, 0.29) is 10.8 Å². The minimum atomic E-state index is 0.0297. The van der Waals surface area contributed by atoms with Crippen molar-refractivity contribution in [3.63, 3.8) is 0 Å². The SMILES string of the molecule is C=Cc1ccc(C23CC4CC(C2)CC(c2ccc(N(c5ccc(CCCC)cc5)c5ccc(-c6ccc7c(c6)C(C)(CC)c6ccccc6-7)cc5)cc2)(C4)C3)cc1. The summed E-state index contributed by atoms with van der Waals surface area (Å²) in [5.74, 6) is 1.64. The van der Waals surface area contributed by atoms with Crippen LogP contribution in [-0.4, -0.2) is 0 Å². The van der Waals surface area contributed by atoms with Gasteiger partial charge in [0.1, 0.15) is 0 Å². The molecule has 0 spiro atoms. The Morgan fingerprint density at radius 1 is 0.614 bits per heavy atom. The van der Waals surface area contributed by atoms with Crippen LogP contribution >= 0.6 is 0 Å². The Morgan fingerprint density at radius 2 is 1.16 bits per heavy atom. The first-order valence-electron chi connectivity index (χ1n) is 21.9. The molecule has 4 bridgehead atoms. The summed E-state index contributed by atoms with van der Waals surface area (Å²) in [7, 11) is 0. The van der Waals surface area contributed by atoms with Crippen LogP contribution in [0.4, 0.5) is 17.1 Å². The lowest BCUT2D eigenvalue weighted by molar-refractivity contribution is -0.0281. The second-order valence-electron chi connectivity index (χ2n) is 18.5. The highest BCUT2D eigenvalue weighted by Crippen LogP contribution is 2.66. The minimum Gasteiger partial charge on any atom is -0.311 e. The van der Waals surface area contributed by atoms with E-state index in [0.29, 0.717) is 5.41 Å². The highest BCUT2D eigenvalue weighted by Gasteiger charge is 2.58. The minimum absolute atomic E-state index is 0.0297. The van der Waals surface area contributed by atoms with Gasteiger partial charge in [0.15, 0.2) is 0 Å². The van der Waals surface area contributed by atoms with Gasteiger partial charge in [0.2, 0.25) is 0 Å². The lowest BCUT2D eigenvalue weighted by atomic mass is 9.42. The zero-order chi connectivity index (χ0) is 38.8. The van der Waals surface area contributed by atoms with Gasteiger partial charge in [-0.1, -0.05) is 137 Å². The predicted octanol–water partition coefficient (Wildman–Crippen LogP) is 15.3. The molecule has 0 saturated heterocycles. The number of aryl methyl sites for hydroxylation is 1. The maximum Gasteiger partial charge on any atom is 0.0462 e. The molecule has 0 N–H and O–H groups in total. The van der Waals surface area contributed by atoms with Gasteiger partial charge < -0.3 is 4.90 Å². The predicted molar refractivity (Wildman–Crippen MR) is 242 cm³/mol. The molecule has 57 heavy (non-hydrogen) atoms. The Kier molecular flexibility index (Phi) is 8.93. The average molecular weight is 744 g/mol. The lowest BCUT2D eigenvalue weighted by Gasteiger charge is -2.63. The van der Waals surface area contributed by atoms with E-state index in [1.807, 2.05) is 6.08 Å². The third-order valence-corrected chi connectivity index (χ3v) is 15.2. The van der Waals surface area contributed by atoms with Crippen molar-refractivity contribution in [1.29, 1.82) is 0 Å². The molecular weight excluding hydrogens is 687 g/mol. The van der Waals surface area contributed by atoms with Crippen molar-refractivity contribution in [3.8, 4) is 22.3 Å². The normalized spacial score (nSPS) is 25.2. The second-order valence-corrected chi connectivity index (χ2v) is 18.5. The standard InChI is InChI=1S/C56H57N/c1-5-8-11-40-16-25-47(26-17-40)57(48-27-18-43(19-28-48)44-20-31-51-50-12-9-10-13-52(50)54(4,7-3)53(51)33-44)49-29-23-46(24-30-49)56-36-41-32-42(37-56)35-55(34-41,38-56)45-21-14-39(6-2)15-22-45/h6,9-10,12-31,33,41-42H,2,5,7-8,11,32,34-38H2,1,3-4H3. The fourth-order valence-electron chi connectivity index (χ4n) is 12.5. The molecular formula is C56H57N. The fourth-order valence-corrected chi connectivity index (χ4v) is 12.5. The number of unbranched alkanes of at least 4 members (excludes halogenated alkanes) is 1. The number of nitrogens with zero attached hydrogens (tertiary/aromatic N) is 1. The third kappa shape index (κ3) is 6.03. The topological polar surface area (TPSA) is 3.24 Å². The first-order valence-corrected chi connectivity index (χ1v) is 21.9. The molecule has 1 heteroatoms. The third-order valence-electron chi connectivity index (χ3n) is 15.2. The summed E-state index contributed by atoms with van der Waals surface area (Å²) in [5.41, 5.74) is 18.2. The van der Waals surface area contributed by atoms with Crippen LogP contribution in [-0.2, 0) is 22.7 Å². The van der Waals surface area contributed by atoms with Crippen molar-refractivity contribution >= 4 is 23.1 Å². The highest BCUT2D eigenvalue weighted by molar-refractivity contribution is 5.84. The molecule has 4 fully saturated rings.